The number of aromatic carboxylic acids is 1. The van der Waals surface area contributed by atoms with Gasteiger partial charge in [-0.15, -0.1) is 0 Å². The average molecular weight is 433 g/mol. The number of imidazole rings is 1. The Kier molecular flexibility index (Phi) is 6.42. The van der Waals surface area contributed by atoms with E-state index < -0.39 is 5.97 Å². The van der Waals surface area contributed by atoms with Crippen LogP contribution in [-0.4, -0.2) is 48.4 Å². The van der Waals surface area contributed by atoms with Crippen molar-refractivity contribution in [1.29, 1.82) is 0 Å². The van der Waals surface area contributed by atoms with Gasteiger partial charge in [0, 0.05) is 11.7 Å². The Labute approximate surface area is 179 Å². The lowest BCUT2D eigenvalue weighted by atomic mass is 10.1. The summed E-state index contributed by atoms with van der Waals surface area (Å²) in [6.07, 6.45) is 1.69. The van der Waals surface area contributed by atoms with Crippen LogP contribution in [0.5, 0.6) is 0 Å². The third kappa shape index (κ3) is 4.47. The van der Waals surface area contributed by atoms with Crippen LogP contribution >= 0.6 is 11.6 Å². The standard InChI is InChI=1S/C20H25ClN6O3/c1-10(2)15(8-28)24-20-25-17(16-18(26-20)27(9-22-16)11(3)4)23-12-5-6-14(21)13(7-12)19(29)30/h5-7,9-11,15,28H,8H2,1-4H3,(H,29,30)(H2,23,24,25,26)/t15-/m0/s1. The van der Waals surface area contributed by atoms with Crippen molar-refractivity contribution in [3.8, 4) is 0 Å². The number of halogens is 1. The Morgan fingerprint density at radius 3 is 2.57 bits per heavy atom. The number of fused-ring (bicyclic) bond motifs is 1. The Morgan fingerprint density at radius 2 is 1.97 bits per heavy atom. The zero-order chi connectivity index (χ0) is 22.0. The maximum absolute atomic E-state index is 11.4. The average Bonchev–Trinajstić information content (AvgIpc) is 3.11. The predicted octanol–water partition coefficient (Wildman–Crippen LogP) is 3.93. The quantitative estimate of drug-likeness (QED) is 0.422. The number of aliphatic hydroxyl groups excluding tert-OH is 1. The van der Waals surface area contributed by atoms with Gasteiger partial charge in [0.25, 0.3) is 0 Å². The zero-order valence-corrected chi connectivity index (χ0v) is 18.0. The number of nitrogens with zero attached hydrogens (tertiary/aromatic N) is 4. The molecule has 0 saturated carbocycles. The first kappa shape index (κ1) is 21.8. The molecule has 0 radical (unpaired) electrons. The SMILES string of the molecule is CC(C)[C@H](CO)Nc1nc(Nc2ccc(Cl)c(C(=O)O)c2)c2ncn(C(C)C)c2n1. The molecule has 0 aliphatic carbocycles. The summed E-state index contributed by atoms with van der Waals surface area (Å²) in [5.41, 5.74) is 1.66. The number of benzene rings is 1. The van der Waals surface area contributed by atoms with E-state index in [0.29, 0.717) is 28.6 Å². The predicted molar refractivity (Wildman–Crippen MR) is 117 cm³/mol. The van der Waals surface area contributed by atoms with E-state index in [9.17, 15) is 15.0 Å². The molecule has 0 unspecified atom stereocenters. The molecule has 3 rings (SSSR count). The normalized spacial score (nSPS) is 12.5. The summed E-state index contributed by atoms with van der Waals surface area (Å²) in [6, 6.07) is 4.52. The van der Waals surface area contributed by atoms with E-state index in [-0.39, 0.29) is 35.2 Å². The second-order valence-electron chi connectivity index (χ2n) is 7.62. The van der Waals surface area contributed by atoms with Gasteiger partial charge < -0.3 is 25.4 Å². The minimum atomic E-state index is -1.12. The van der Waals surface area contributed by atoms with Crippen LogP contribution < -0.4 is 10.6 Å². The third-order valence-electron chi connectivity index (χ3n) is 4.75. The lowest BCUT2D eigenvalue weighted by molar-refractivity contribution is 0.0697. The number of rotatable bonds is 8. The van der Waals surface area contributed by atoms with Gasteiger partial charge in [0.05, 0.1) is 29.6 Å². The Balaban J connectivity index is 2.08. The van der Waals surface area contributed by atoms with Crippen LogP contribution in [0.4, 0.5) is 17.5 Å². The highest BCUT2D eigenvalue weighted by molar-refractivity contribution is 6.33. The van der Waals surface area contributed by atoms with Gasteiger partial charge in [0.1, 0.15) is 0 Å². The van der Waals surface area contributed by atoms with Crippen molar-refractivity contribution < 1.29 is 15.0 Å². The molecule has 1 aromatic carbocycles. The summed E-state index contributed by atoms with van der Waals surface area (Å²) in [7, 11) is 0. The first-order valence-electron chi connectivity index (χ1n) is 9.63. The van der Waals surface area contributed by atoms with E-state index in [1.807, 2.05) is 32.3 Å². The molecular weight excluding hydrogens is 408 g/mol. The maximum atomic E-state index is 11.4. The van der Waals surface area contributed by atoms with E-state index in [1.165, 1.54) is 12.1 Å². The fourth-order valence-electron chi connectivity index (χ4n) is 2.94. The van der Waals surface area contributed by atoms with Crippen LogP contribution in [0.25, 0.3) is 11.2 Å². The number of nitrogens with one attached hydrogen (secondary N) is 2. The van der Waals surface area contributed by atoms with E-state index >= 15 is 0 Å². The van der Waals surface area contributed by atoms with Crippen molar-refractivity contribution in [2.45, 2.75) is 39.8 Å². The molecule has 0 fully saturated rings. The van der Waals surface area contributed by atoms with Crippen LogP contribution in [0.15, 0.2) is 24.5 Å². The molecule has 0 bridgehead atoms. The topological polar surface area (TPSA) is 125 Å². The highest BCUT2D eigenvalue weighted by atomic mass is 35.5. The molecule has 1 atom stereocenters. The van der Waals surface area contributed by atoms with Crippen LogP contribution in [0, 0.1) is 5.92 Å². The number of carboxylic acid groups (broad SMARTS) is 1. The lowest BCUT2D eigenvalue weighted by Crippen LogP contribution is -2.30. The number of aromatic nitrogens is 4. The van der Waals surface area contributed by atoms with Gasteiger partial charge in [-0.3, -0.25) is 0 Å². The van der Waals surface area contributed by atoms with Crippen molar-refractivity contribution in [3.63, 3.8) is 0 Å². The number of carbonyl (C=O) groups is 1. The van der Waals surface area contributed by atoms with Gasteiger partial charge in [-0.25, -0.2) is 9.78 Å². The number of hydrogen-bond donors (Lipinski definition) is 4. The monoisotopic (exact) mass is 432 g/mol. The Hall–Kier alpha value is -2.91. The van der Waals surface area contributed by atoms with E-state index in [0.717, 1.165) is 0 Å². The third-order valence-corrected chi connectivity index (χ3v) is 5.08. The molecule has 0 aliphatic heterocycles. The molecule has 0 saturated heterocycles. The first-order valence-corrected chi connectivity index (χ1v) is 10.0. The van der Waals surface area contributed by atoms with Gasteiger partial charge in [-0.2, -0.15) is 9.97 Å². The second kappa shape index (κ2) is 8.85. The molecule has 30 heavy (non-hydrogen) atoms. The first-order chi connectivity index (χ1) is 14.2. The van der Waals surface area contributed by atoms with E-state index in [2.05, 4.69) is 25.6 Å². The van der Waals surface area contributed by atoms with E-state index in [4.69, 9.17) is 11.6 Å². The molecule has 0 amide bonds. The molecular formula is C20H25ClN6O3. The van der Waals surface area contributed by atoms with Crippen LogP contribution in [0.2, 0.25) is 5.02 Å². The summed E-state index contributed by atoms with van der Waals surface area (Å²) >= 11 is 5.97. The van der Waals surface area contributed by atoms with Crippen LogP contribution in [0.3, 0.4) is 0 Å². The fraction of sp³-hybridized carbons (Fsp3) is 0.400. The molecule has 160 valence electrons. The molecule has 0 spiro atoms. The summed E-state index contributed by atoms with van der Waals surface area (Å²) in [5.74, 6) is -0.200. The molecule has 2 heterocycles. The van der Waals surface area contributed by atoms with Gasteiger partial charge in [-0.1, -0.05) is 25.4 Å². The zero-order valence-electron chi connectivity index (χ0n) is 17.2. The molecule has 10 heteroatoms. The minimum Gasteiger partial charge on any atom is -0.478 e. The smallest absolute Gasteiger partial charge is 0.337 e. The summed E-state index contributed by atoms with van der Waals surface area (Å²) in [4.78, 5) is 25.0. The van der Waals surface area contributed by atoms with Crippen molar-refractivity contribution in [2.24, 2.45) is 5.92 Å². The second-order valence-corrected chi connectivity index (χ2v) is 8.02. The van der Waals surface area contributed by atoms with E-state index in [1.54, 1.807) is 12.4 Å². The van der Waals surface area contributed by atoms with Crippen molar-refractivity contribution >= 4 is 46.2 Å². The van der Waals surface area contributed by atoms with Crippen LogP contribution in [0.1, 0.15) is 44.1 Å². The maximum Gasteiger partial charge on any atom is 0.337 e. The number of carboxylic acids is 1. The minimum absolute atomic E-state index is 0.0156. The number of anilines is 3. The summed E-state index contributed by atoms with van der Waals surface area (Å²) in [5, 5.41) is 25.4. The van der Waals surface area contributed by atoms with Crippen molar-refractivity contribution in [1.82, 2.24) is 19.5 Å². The number of hydrogen-bond acceptors (Lipinski definition) is 7. The van der Waals surface area contributed by atoms with Gasteiger partial charge in [0.2, 0.25) is 5.95 Å². The molecule has 4 N–H and O–H groups in total. The van der Waals surface area contributed by atoms with Gasteiger partial charge >= 0.3 is 5.97 Å². The lowest BCUT2D eigenvalue weighted by Gasteiger charge is -2.20. The van der Waals surface area contributed by atoms with Crippen molar-refractivity contribution in [2.75, 3.05) is 17.2 Å². The van der Waals surface area contributed by atoms with Crippen LogP contribution in [-0.2, 0) is 0 Å². The fourth-order valence-corrected chi connectivity index (χ4v) is 3.14. The van der Waals surface area contributed by atoms with Gasteiger partial charge in [-0.05, 0) is 38.0 Å². The molecule has 2 aromatic heterocycles. The molecule has 3 aromatic rings. The summed E-state index contributed by atoms with van der Waals surface area (Å²) in [6.45, 7) is 7.96. The molecule has 0 aliphatic rings. The van der Waals surface area contributed by atoms with Crippen molar-refractivity contribution in [3.05, 3.63) is 35.1 Å². The van der Waals surface area contributed by atoms with Gasteiger partial charge in [0.15, 0.2) is 17.0 Å². The largest absolute Gasteiger partial charge is 0.478 e. The summed E-state index contributed by atoms with van der Waals surface area (Å²) < 4.78 is 1.92. The number of aliphatic hydroxyl groups is 1. The highest BCUT2D eigenvalue weighted by Crippen LogP contribution is 2.28. The Bertz CT molecular complexity index is 1070. The Morgan fingerprint density at radius 1 is 1.23 bits per heavy atom. The molecule has 9 nitrogen and oxygen atoms in total. The highest BCUT2D eigenvalue weighted by Gasteiger charge is 2.19.